The molecule has 0 bridgehead atoms. The Morgan fingerprint density at radius 3 is 2.55 bits per heavy atom. The molecule has 0 radical (unpaired) electrons. The molecule has 1 saturated carbocycles. The molecule has 1 atom stereocenters. The van der Waals surface area contributed by atoms with E-state index in [1.54, 1.807) is 0 Å². The maximum absolute atomic E-state index is 10.1. The molecule has 20 heavy (non-hydrogen) atoms. The minimum atomic E-state index is -0.230. The van der Waals surface area contributed by atoms with Gasteiger partial charge in [0, 0.05) is 0 Å². The molecule has 0 amide bonds. The van der Waals surface area contributed by atoms with Crippen molar-refractivity contribution in [3.8, 4) is 0 Å². The fourth-order valence-electron chi connectivity index (χ4n) is 3.30. The van der Waals surface area contributed by atoms with E-state index in [-0.39, 0.29) is 6.10 Å². The fraction of sp³-hybridized carbons (Fsp3) is 0.579. The van der Waals surface area contributed by atoms with Crippen molar-refractivity contribution in [1.82, 2.24) is 0 Å². The molecule has 1 aliphatic carbocycles. The molecule has 1 unspecified atom stereocenters. The van der Waals surface area contributed by atoms with E-state index in [0.29, 0.717) is 0 Å². The van der Waals surface area contributed by atoms with Crippen molar-refractivity contribution in [1.29, 1.82) is 0 Å². The molecular formula is C19H28O. The van der Waals surface area contributed by atoms with Crippen LogP contribution in [0.4, 0.5) is 0 Å². The number of aliphatic hydroxyl groups excluding tert-OH is 1. The Morgan fingerprint density at radius 2 is 1.85 bits per heavy atom. The van der Waals surface area contributed by atoms with E-state index in [9.17, 15) is 5.11 Å². The van der Waals surface area contributed by atoms with Gasteiger partial charge in [-0.25, -0.2) is 0 Å². The van der Waals surface area contributed by atoms with Crippen LogP contribution in [-0.4, -0.2) is 11.2 Å². The highest BCUT2D eigenvalue weighted by molar-refractivity contribution is 5.14. The number of aryl methyl sites for hydroxylation is 1. The summed E-state index contributed by atoms with van der Waals surface area (Å²) in [6.45, 7) is 4.18. The van der Waals surface area contributed by atoms with E-state index < -0.39 is 0 Å². The van der Waals surface area contributed by atoms with Crippen LogP contribution in [0.2, 0.25) is 0 Å². The summed E-state index contributed by atoms with van der Waals surface area (Å²) >= 11 is 0. The molecule has 1 heteroatoms. The summed E-state index contributed by atoms with van der Waals surface area (Å²) in [5, 5.41) is 10.1. The van der Waals surface area contributed by atoms with Gasteiger partial charge in [-0.05, 0) is 37.2 Å². The molecule has 1 N–H and O–H groups in total. The van der Waals surface area contributed by atoms with Crippen LogP contribution < -0.4 is 0 Å². The van der Waals surface area contributed by atoms with Gasteiger partial charge in [0.1, 0.15) is 0 Å². The van der Waals surface area contributed by atoms with Gasteiger partial charge in [-0.2, -0.15) is 0 Å². The summed E-state index contributed by atoms with van der Waals surface area (Å²) in [4.78, 5) is 0. The summed E-state index contributed by atoms with van der Waals surface area (Å²) in [6.07, 6.45) is 10.4. The summed E-state index contributed by atoms with van der Waals surface area (Å²) in [6, 6.07) is 10.4. The van der Waals surface area contributed by atoms with Crippen LogP contribution in [0, 0.1) is 5.92 Å². The summed E-state index contributed by atoms with van der Waals surface area (Å²) in [5.41, 5.74) is 2.56. The van der Waals surface area contributed by atoms with Crippen molar-refractivity contribution in [2.24, 2.45) is 5.92 Å². The van der Waals surface area contributed by atoms with E-state index in [0.717, 1.165) is 31.6 Å². The van der Waals surface area contributed by atoms with Crippen LogP contribution in [0.15, 0.2) is 42.5 Å². The molecule has 1 aromatic rings. The second-order valence-electron chi connectivity index (χ2n) is 6.34. The maximum atomic E-state index is 10.1. The zero-order valence-electron chi connectivity index (χ0n) is 12.6. The number of aliphatic hydroxyl groups is 1. The predicted molar refractivity (Wildman–Crippen MR) is 85.7 cm³/mol. The highest BCUT2D eigenvalue weighted by atomic mass is 16.3. The average Bonchev–Trinajstić information content (AvgIpc) is 2.47. The average molecular weight is 272 g/mol. The maximum Gasteiger partial charge on any atom is 0.0580 e. The fourth-order valence-corrected chi connectivity index (χ4v) is 3.30. The minimum absolute atomic E-state index is 0.230. The van der Waals surface area contributed by atoms with Crippen molar-refractivity contribution in [2.75, 3.05) is 0 Å². The molecule has 1 nitrogen and oxygen atoms in total. The van der Waals surface area contributed by atoms with Crippen molar-refractivity contribution in [3.05, 3.63) is 48.0 Å². The van der Waals surface area contributed by atoms with E-state index in [4.69, 9.17) is 0 Å². The van der Waals surface area contributed by atoms with Crippen LogP contribution in [0.5, 0.6) is 0 Å². The molecule has 2 rings (SSSR count). The summed E-state index contributed by atoms with van der Waals surface area (Å²) in [7, 11) is 0. The van der Waals surface area contributed by atoms with Gasteiger partial charge in [0.15, 0.2) is 0 Å². The monoisotopic (exact) mass is 272 g/mol. The Kier molecular flexibility index (Phi) is 6.32. The van der Waals surface area contributed by atoms with Crippen molar-refractivity contribution in [2.45, 2.75) is 63.9 Å². The van der Waals surface area contributed by atoms with Gasteiger partial charge in [0.25, 0.3) is 0 Å². The third-order valence-electron chi connectivity index (χ3n) is 4.44. The Balaban J connectivity index is 1.65. The number of benzene rings is 1. The van der Waals surface area contributed by atoms with Crippen molar-refractivity contribution >= 4 is 0 Å². The van der Waals surface area contributed by atoms with Gasteiger partial charge in [-0.3, -0.25) is 0 Å². The smallest absolute Gasteiger partial charge is 0.0580 e. The Hall–Kier alpha value is -1.08. The largest absolute Gasteiger partial charge is 0.393 e. The second kappa shape index (κ2) is 8.26. The van der Waals surface area contributed by atoms with Gasteiger partial charge in [0.2, 0.25) is 0 Å². The predicted octanol–water partition coefficient (Wildman–Crippen LogP) is 4.90. The molecule has 1 aliphatic rings. The van der Waals surface area contributed by atoms with Crippen LogP contribution >= 0.6 is 0 Å². The third-order valence-corrected chi connectivity index (χ3v) is 4.44. The van der Waals surface area contributed by atoms with Crippen LogP contribution in [-0.2, 0) is 6.42 Å². The molecule has 0 aliphatic heterocycles. The highest BCUT2D eigenvalue weighted by Gasteiger charge is 2.15. The van der Waals surface area contributed by atoms with Gasteiger partial charge in [0.05, 0.1) is 6.10 Å². The SMILES string of the molecule is C=C(CC(O)CCc1ccccc1)CC1CCCCC1. The Morgan fingerprint density at radius 1 is 1.15 bits per heavy atom. The standard InChI is InChI=1S/C19H28O/c1-16(14-18-10-6-3-7-11-18)15-19(20)13-12-17-8-4-2-5-9-17/h2,4-5,8-9,18-20H,1,3,6-7,10-15H2. The summed E-state index contributed by atoms with van der Waals surface area (Å²) < 4.78 is 0. The normalized spacial score (nSPS) is 17.9. The van der Waals surface area contributed by atoms with Gasteiger partial charge < -0.3 is 5.11 Å². The first-order valence-electron chi connectivity index (χ1n) is 8.12. The molecule has 0 saturated heterocycles. The van der Waals surface area contributed by atoms with E-state index in [1.165, 1.54) is 43.2 Å². The first kappa shape index (κ1) is 15.3. The molecule has 0 aromatic heterocycles. The van der Waals surface area contributed by atoms with Crippen LogP contribution in [0.25, 0.3) is 0 Å². The third kappa shape index (κ3) is 5.50. The lowest BCUT2D eigenvalue weighted by atomic mass is 9.84. The van der Waals surface area contributed by atoms with Crippen LogP contribution in [0.1, 0.15) is 56.9 Å². The summed E-state index contributed by atoms with van der Waals surface area (Å²) in [5.74, 6) is 0.831. The first-order chi connectivity index (χ1) is 9.74. The molecular weight excluding hydrogens is 244 g/mol. The quantitative estimate of drug-likeness (QED) is 0.700. The van der Waals surface area contributed by atoms with E-state index in [2.05, 4.69) is 30.8 Å². The molecule has 110 valence electrons. The number of hydrogen-bond acceptors (Lipinski definition) is 1. The van der Waals surface area contributed by atoms with E-state index >= 15 is 0 Å². The lowest BCUT2D eigenvalue weighted by Crippen LogP contribution is -2.12. The molecule has 1 aromatic carbocycles. The molecule has 1 fully saturated rings. The zero-order valence-corrected chi connectivity index (χ0v) is 12.6. The lowest BCUT2D eigenvalue weighted by Gasteiger charge is -2.23. The Bertz CT molecular complexity index is 389. The van der Waals surface area contributed by atoms with Gasteiger partial charge in [-0.1, -0.05) is 74.6 Å². The van der Waals surface area contributed by atoms with Crippen molar-refractivity contribution in [3.63, 3.8) is 0 Å². The second-order valence-corrected chi connectivity index (χ2v) is 6.34. The van der Waals surface area contributed by atoms with E-state index in [1.807, 2.05) is 6.07 Å². The van der Waals surface area contributed by atoms with Gasteiger partial charge >= 0.3 is 0 Å². The van der Waals surface area contributed by atoms with Crippen molar-refractivity contribution < 1.29 is 5.11 Å². The van der Waals surface area contributed by atoms with Crippen LogP contribution in [0.3, 0.4) is 0 Å². The molecule has 0 spiro atoms. The zero-order chi connectivity index (χ0) is 14.2. The Labute approximate surface area is 123 Å². The molecule has 0 heterocycles. The minimum Gasteiger partial charge on any atom is -0.393 e. The van der Waals surface area contributed by atoms with Gasteiger partial charge in [-0.15, -0.1) is 0 Å². The number of hydrogen-bond donors (Lipinski definition) is 1. The topological polar surface area (TPSA) is 20.2 Å². The lowest BCUT2D eigenvalue weighted by molar-refractivity contribution is 0.162. The number of rotatable bonds is 7. The highest BCUT2D eigenvalue weighted by Crippen LogP contribution is 2.29. The first-order valence-corrected chi connectivity index (χ1v) is 8.12.